The molecule has 1 saturated heterocycles. The number of benzene rings is 2. The summed E-state index contributed by atoms with van der Waals surface area (Å²) in [6.07, 6.45) is 0.261. The number of hydrogen-bond donors (Lipinski definition) is 0. The number of rotatable bonds is 7. The van der Waals surface area contributed by atoms with E-state index >= 15 is 0 Å². The van der Waals surface area contributed by atoms with E-state index in [1.54, 1.807) is 31.3 Å². The van der Waals surface area contributed by atoms with Crippen molar-refractivity contribution in [2.45, 2.75) is 18.9 Å². The molecule has 31 heavy (non-hydrogen) atoms. The van der Waals surface area contributed by atoms with Gasteiger partial charge in [-0.1, -0.05) is 5.16 Å². The second-order valence-electron chi connectivity index (χ2n) is 7.16. The number of likely N-dealkylation sites (tertiary alicyclic amines) is 1. The maximum absolute atomic E-state index is 14.0. The molecule has 4 rings (SSSR count). The van der Waals surface area contributed by atoms with Crippen molar-refractivity contribution < 1.29 is 27.9 Å². The second-order valence-corrected chi connectivity index (χ2v) is 7.16. The Hall–Kier alpha value is -3.62. The highest BCUT2D eigenvalue weighted by atomic mass is 19.1. The molecule has 0 spiro atoms. The van der Waals surface area contributed by atoms with E-state index in [9.17, 15) is 9.18 Å². The van der Waals surface area contributed by atoms with E-state index in [1.165, 1.54) is 19.2 Å². The summed E-state index contributed by atoms with van der Waals surface area (Å²) in [5.74, 6) is 1.32. The summed E-state index contributed by atoms with van der Waals surface area (Å²) >= 11 is 0. The Labute approximate surface area is 178 Å². The first kappa shape index (κ1) is 20.6. The van der Waals surface area contributed by atoms with E-state index in [0.717, 1.165) is 5.56 Å². The molecule has 1 amide bonds. The van der Waals surface area contributed by atoms with Crippen LogP contribution in [0, 0.1) is 5.82 Å². The summed E-state index contributed by atoms with van der Waals surface area (Å²) in [6, 6.07) is 9.93. The topological polar surface area (TPSA) is 86.9 Å². The molecule has 162 valence electrons. The molecular formula is C22H22FN3O5. The predicted molar refractivity (Wildman–Crippen MR) is 109 cm³/mol. The highest BCUT2D eigenvalue weighted by Gasteiger charge is 2.34. The van der Waals surface area contributed by atoms with Gasteiger partial charge in [0.2, 0.25) is 17.6 Å². The van der Waals surface area contributed by atoms with Crippen molar-refractivity contribution in [1.29, 1.82) is 0 Å². The third kappa shape index (κ3) is 4.16. The second kappa shape index (κ2) is 8.63. The third-order valence-corrected chi connectivity index (χ3v) is 5.27. The number of carbonyl (C=O) groups is 1. The fraction of sp³-hybridized carbons (Fsp3) is 0.318. The molecule has 1 unspecified atom stereocenters. The molecule has 0 bridgehead atoms. The quantitative estimate of drug-likeness (QED) is 0.571. The van der Waals surface area contributed by atoms with Crippen molar-refractivity contribution in [2.24, 2.45) is 0 Å². The fourth-order valence-corrected chi connectivity index (χ4v) is 3.60. The Kier molecular flexibility index (Phi) is 5.75. The van der Waals surface area contributed by atoms with Crippen LogP contribution in [-0.4, -0.2) is 48.8 Å². The fourth-order valence-electron chi connectivity index (χ4n) is 3.60. The molecule has 0 radical (unpaired) electrons. The third-order valence-electron chi connectivity index (χ3n) is 5.27. The normalized spacial score (nSPS) is 15.9. The number of halogens is 1. The van der Waals surface area contributed by atoms with E-state index in [2.05, 4.69) is 10.1 Å². The van der Waals surface area contributed by atoms with E-state index in [0.29, 0.717) is 36.0 Å². The van der Waals surface area contributed by atoms with Crippen LogP contribution in [0.1, 0.15) is 23.8 Å². The Morgan fingerprint density at radius 3 is 2.61 bits per heavy atom. The summed E-state index contributed by atoms with van der Waals surface area (Å²) in [5, 5.41) is 3.95. The van der Waals surface area contributed by atoms with Crippen molar-refractivity contribution in [1.82, 2.24) is 15.0 Å². The maximum atomic E-state index is 14.0. The Bertz CT molecular complexity index is 1100. The lowest BCUT2D eigenvalue weighted by Gasteiger charge is -2.18. The van der Waals surface area contributed by atoms with Crippen LogP contribution in [0.2, 0.25) is 0 Å². The number of hydrogen-bond acceptors (Lipinski definition) is 7. The summed E-state index contributed by atoms with van der Waals surface area (Å²) in [5.41, 5.74) is 1.34. The lowest BCUT2D eigenvalue weighted by Crippen LogP contribution is -2.24. The predicted octanol–water partition coefficient (Wildman–Crippen LogP) is 3.42. The van der Waals surface area contributed by atoms with Gasteiger partial charge in [0, 0.05) is 36.7 Å². The van der Waals surface area contributed by atoms with E-state index in [4.69, 9.17) is 18.7 Å². The van der Waals surface area contributed by atoms with Gasteiger partial charge in [-0.3, -0.25) is 4.79 Å². The largest absolute Gasteiger partial charge is 0.497 e. The van der Waals surface area contributed by atoms with Crippen LogP contribution in [0.3, 0.4) is 0 Å². The molecule has 8 nitrogen and oxygen atoms in total. The van der Waals surface area contributed by atoms with Gasteiger partial charge in [-0.15, -0.1) is 0 Å². The monoisotopic (exact) mass is 427 g/mol. The lowest BCUT2D eigenvalue weighted by atomic mass is 10.1. The first-order valence-corrected chi connectivity index (χ1v) is 9.68. The van der Waals surface area contributed by atoms with Gasteiger partial charge in [0.05, 0.1) is 27.2 Å². The minimum absolute atomic E-state index is 0.0156. The Morgan fingerprint density at radius 2 is 1.90 bits per heavy atom. The summed E-state index contributed by atoms with van der Waals surface area (Å²) in [4.78, 5) is 18.7. The molecular weight excluding hydrogens is 405 g/mol. The van der Waals surface area contributed by atoms with Gasteiger partial charge >= 0.3 is 0 Å². The van der Waals surface area contributed by atoms with Crippen molar-refractivity contribution in [3.05, 3.63) is 53.7 Å². The molecule has 1 fully saturated rings. The molecule has 2 aromatic carbocycles. The zero-order chi connectivity index (χ0) is 22.0. The van der Waals surface area contributed by atoms with Crippen LogP contribution in [0.15, 0.2) is 40.9 Å². The molecule has 1 atom stereocenters. The lowest BCUT2D eigenvalue weighted by molar-refractivity contribution is -0.128. The molecule has 0 aliphatic carbocycles. The first-order valence-electron chi connectivity index (χ1n) is 9.68. The van der Waals surface area contributed by atoms with Gasteiger partial charge in [0.15, 0.2) is 11.6 Å². The molecule has 3 aromatic rings. The van der Waals surface area contributed by atoms with Crippen LogP contribution in [0.5, 0.6) is 17.2 Å². The molecule has 1 aromatic heterocycles. The number of methoxy groups -OCH3 is 3. The summed E-state index contributed by atoms with van der Waals surface area (Å²) in [7, 11) is 4.56. The number of amides is 1. The van der Waals surface area contributed by atoms with Gasteiger partial charge in [0.25, 0.3) is 0 Å². The van der Waals surface area contributed by atoms with Crippen LogP contribution in [-0.2, 0) is 11.3 Å². The van der Waals surface area contributed by atoms with E-state index in [1.807, 2.05) is 12.1 Å². The maximum Gasteiger partial charge on any atom is 0.232 e. The Morgan fingerprint density at radius 1 is 1.10 bits per heavy atom. The molecule has 0 saturated carbocycles. The van der Waals surface area contributed by atoms with Crippen molar-refractivity contribution >= 4 is 5.91 Å². The zero-order valence-corrected chi connectivity index (χ0v) is 17.4. The van der Waals surface area contributed by atoms with Crippen LogP contribution in [0.4, 0.5) is 4.39 Å². The zero-order valence-electron chi connectivity index (χ0n) is 17.4. The average Bonchev–Trinajstić information content (AvgIpc) is 3.41. The minimum atomic E-state index is -0.512. The number of nitrogens with zero attached hydrogens (tertiary/aromatic N) is 3. The van der Waals surface area contributed by atoms with Gasteiger partial charge in [0.1, 0.15) is 11.5 Å². The minimum Gasteiger partial charge on any atom is -0.497 e. The molecule has 0 N–H and O–H groups in total. The Balaban J connectivity index is 1.48. The first-order chi connectivity index (χ1) is 15.0. The molecule has 2 heterocycles. The van der Waals surface area contributed by atoms with E-state index in [-0.39, 0.29) is 29.8 Å². The van der Waals surface area contributed by atoms with E-state index < -0.39 is 5.82 Å². The standard InChI is InChI=1S/C22H22FN3O5/c1-28-16-6-4-14(19(10-16)30-3)11-26-12-15(9-20(26)27)22-24-21(25-31-22)13-5-7-18(29-2)17(23)8-13/h4-8,10,15H,9,11-12H2,1-3H3. The van der Waals surface area contributed by atoms with Crippen molar-refractivity contribution in [2.75, 3.05) is 27.9 Å². The summed E-state index contributed by atoms with van der Waals surface area (Å²) in [6.45, 7) is 0.833. The molecule has 1 aliphatic rings. The van der Waals surface area contributed by atoms with Gasteiger partial charge in [-0.2, -0.15) is 4.98 Å². The van der Waals surface area contributed by atoms with Crippen LogP contribution in [0.25, 0.3) is 11.4 Å². The molecule has 9 heteroatoms. The number of ether oxygens (including phenoxy) is 3. The molecule has 1 aliphatic heterocycles. The average molecular weight is 427 g/mol. The summed E-state index contributed by atoms with van der Waals surface area (Å²) < 4.78 is 34.9. The van der Waals surface area contributed by atoms with Gasteiger partial charge in [-0.05, 0) is 30.3 Å². The van der Waals surface area contributed by atoms with Crippen LogP contribution < -0.4 is 14.2 Å². The SMILES string of the molecule is COc1ccc(CN2CC(c3nc(-c4ccc(OC)c(F)c4)no3)CC2=O)c(OC)c1. The van der Waals surface area contributed by atoms with Crippen molar-refractivity contribution in [3.8, 4) is 28.6 Å². The van der Waals surface area contributed by atoms with Crippen molar-refractivity contribution in [3.63, 3.8) is 0 Å². The smallest absolute Gasteiger partial charge is 0.232 e. The highest BCUT2D eigenvalue weighted by molar-refractivity contribution is 5.79. The number of aromatic nitrogens is 2. The highest BCUT2D eigenvalue weighted by Crippen LogP contribution is 2.32. The van der Waals surface area contributed by atoms with Crippen LogP contribution >= 0.6 is 0 Å². The van der Waals surface area contributed by atoms with Gasteiger partial charge < -0.3 is 23.6 Å². The number of carbonyl (C=O) groups excluding carboxylic acids is 1. The van der Waals surface area contributed by atoms with Gasteiger partial charge in [-0.25, -0.2) is 4.39 Å².